The van der Waals surface area contributed by atoms with E-state index in [0.29, 0.717) is 12.2 Å². The third-order valence-corrected chi connectivity index (χ3v) is 3.03. The lowest BCUT2D eigenvalue weighted by molar-refractivity contribution is 0.0698. The molecule has 0 bridgehead atoms. The van der Waals surface area contributed by atoms with Gasteiger partial charge < -0.3 is 14.8 Å². The summed E-state index contributed by atoms with van der Waals surface area (Å²) in [4.78, 5) is 15.6. The Labute approximate surface area is 115 Å². The van der Waals surface area contributed by atoms with Crippen molar-refractivity contribution in [2.45, 2.75) is 6.54 Å². The molecule has 0 saturated heterocycles. The minimum atomic E-state index is -0.942. The summed E-state index contributed by atoms with van der Waals surface area (Å²) in [6.07, 6.45) is 3.85. The van der Waals surface area contributed by atoms with E-state index < -0.39 is 5.97 Å². The Morgan fingerprint density at radius 1 is 1.20 bits per heavy atom. The maximum atomic E-state index is 11.1. The smallest absolute Gasteiger partial charge is 0.337 e. The fraction of sp³-hybridized carbons (Fsp3) is 0.0667. The lowest BCUT2D eigenvalue weighted by Gasteiger charge is -2.07. The van der Waals surface area contributed by atoms with E-state index in [-0.39, 0.29) is 5.56 Å². The summed E-state index contributed by atoms with van der Waals surface area (Å²) in [5.74, 6) is -0.942. The number of imidazole rings is 1. The molecular formula is C15H13N3O2. The van der Waals surface area contributed by atoms with Crippen LogP contribution in [0.5, 0.6) is 0 Å². The van der Waals surface area contributed by atoms with E-state index in [1.54, 1.807) is 24.3 Å². The van der Waals surface area contributed by atoms with Gasteiger partial charge in [0.2, 0.25) is 0 Å². The van der Waals surface area contributed by atoms with Gasteiger partial charge in [0, 0.05) is 18.1 Å². The summed E-state index contributed by atoms with van der Waals surface area (Å²) in [7, 11) is 0. The Bertz CT molecular complexity index is 731. The van der Waals surface area contributed by atoms with Gasteiger partial charge in [0.05, 0.1) is 17.8 Å². The maximum Gasteiger partial charge on any atom is 0.337 e. The van der Waals surface area contributed by atoms with Crippen LogP contribution in [-0.4, -0.2) is 20.5 Å². The Kier molecular flexibility index (Phi) is 3.09. The first-order valence-corrected chi connectivity index (χ1v) is 6.23. The van der Waals surface area contributed by atoms with Gasteiger partial charge in [-0.05, 0) is 24.3 Å². The molecule has 2 heterocycles. The number of carboxylic acid groups (broad SMARTS) is 1. The fourth-order valence-corrected chi connectivity index (χ4v) is 2.08. The van der Waals surface area contributed by atoms with Crippen LogP contribution in [0, 0.1) is 0 Å². The lowest BCUT2D eigenvalue weighted by Crippen LogP contribution is -2.06. The molecule has 5 nitrogen and oxygen atoms in total. The largest absolute Gasteiger partial charge is 0.478 e. The molecule has 0 amide bonds. The minimum absolute atomic E-state index is 0.260. The highest BCUT2D eigenvalue weighted by atomic mass is 16.4. The molecule has 3 aromatic rings. The molecular weight excluding hydrogens is 254 g/mol. The molecule has 0 aliphatic rings. The Hall–Kier alpha value is -2.82. The zero-order valence-electron chi connectivity index (χ0n) is 10.7. The predicted molar refractivity (Wildman–Crippen MR) is 75.9 cm³/mol. The standard InChI is InChI=1S/C15H13N3O2/c19-15(20)12-5-1-2-6-13(12)16-9-11-10-18-8-4-3-7-14(18)17-11/h1-8,10,16H,9H2,(H,19,20). The van der Waals surface area contributed by atoms with Crippen LogP contribution in [0.2, 0.25) is 0 Å². The number of aromatic nitrogens is 2. The molecule has 0 fully saturated rings. The quantitative estimate of drug-likeness (QED) is 0.762. The van der Waals surface area contributed by atoms with E-state index in [4.69, 9.17) is 5.11 Å². The van der Waals surface area contributed by atoms with Crippen molar-refractivity contribution in [2.24, 2.45) is 0 Å². The number of carboxylic acids is 1. The van der Waals surface area contributed by atoms with Crippen LogP contribution >= 0.6 is 0 Å². The van der Waals surface area contributed by atoms with Crippen molar-refractivity contribution in [1.82, 2.24) is 9.38 Å². The number of fused-ring (bicyclic) bond motifs is 1. The number of carbonyl (C=O) groups is 1. The molecule has 0 aliphatic heterocycles. The van der Waals surface area contributed by atoms with Crippen molar-refractivity contribution in [2.75, 3.05) is 5.32 Å². The SMILES string of the molecule is O=C(O)c1ccccc1NCc1cn2ccccc2n1. The van der Waals surface area contributed by atoms with Crippen LogP contribution in [0.25, 0.3) is 5.65 Å². The average Bonchev–Trinajstić information content (AvgIpc) is 2.88. The van der Waals surface area contributed by atoms with E-state index in [2.05, 4.69) is 10.3 Å². The number of nitrogens with zero attached hydrogens (tertiary/aromatic N) is 2. The summed E-state index contributed by atoms with van der Waals surface area (Å²) in [6, 6.07) is 12.6. The first-order chi connectivity index (χ1) is 9.74. The zero-order chi connectivity index (χ0) is 13.9. The van der Waals surface area contributed by atoms with Gasteiger partial charge >= 0.3 is 5.97 Å². The number of hydrogen-bond donors (Lipinski definition) is 2. The van der Waals surface area contributed by atoms with Gasteiger partial charge in [-0.15, -0.1) is 0 Å². The second-order valence-electron chi connectivity index (χ2n) is 4.40. The molecule has 1 aromatic carbocycles. The molecule has 2 N–H and O–H groups in total. The summed E-state index contributed by atoms with van der Waals surface area (Å²) < 4.78 is 1.93. The Morgan fingerprint density at radius 3 is 2.80 bits per heavy atom. The molecule has 20 heavy (non-hydrogen) atoms. The number of pyridine rings is 1. The van der Waals surface area contributed by atoms with Crippen molar-refractivity contribution < 1.29 is 9.90 Å². The lowest BCUT2D eigenvalue weighted by atomic mass is 10.2. The van der Waals surface area contributed by atoms with E-state index in [1.807, 2.05) is 35.0 Å². The van der Waals surface area contributed by atoms with Crippen molar-refractivity contribution in [3.63, 3.8) is 0 Å². The number of rotatable bonds is 4. The number of benzene rings is 1. The summed E-state index contributed by atoms with van der Waals surface area (Å²) >= 11 is 0. The third kappa shape index (κ3) is 2.33. The van der Waals surface area contributed by atoms with Gasteiger partial charge in [-0.25, -0.2) is 9.78 Å². The zero-order valence-corrected chi connectivity index (χ0v) is 10.7. The first-order valence-electron chi connectivity index (χ1n) is 6.23. The van der Waals surface area contributed by atoms with E-state index in [0.717, 1.165) is 11.3 Å². The predicted octanol–water partition coefficient (Wildman–Crippen LogP) is 2.64. The molecule has 0 atom stereocenters. The molecule has 0 saturated carbocycles. The van der Waals surface area contributed by atoms with Gasteiger partial charge in [0.1, 0.15) is 5.65 Å². The van der Waals surface area contributed by atoms with E-state index >= 15 is 0 Å². The Balaban J connectivity index is 1.81. The summed E-state index contributed by atoms with van der Waals surface area (Å²) in [6.45, 7) is 0.478. The highest BCUT2D eigenvalue weighted by Crippen LogP contribution is 2.16. The minimum Gasteiger partial charge on any atom is -0.478 e. The van der Waals surface area contributed by atoms with E-state index in [9.17, 15) is 4.79 Å². The second-order valence-corrected chi connectivity index (χ2v) is 4.40. The van der Waals surface area contributed by atoms with Crippen molar-refractivity contribution >= 4 is 17.3 Å². The summed E-state index contributed by atoms with van der Waals surface area (Å²) in [5.41, 5.74) is 2.58. The molecule has 0 radical (unpaired) electrons. The van der Waals surface area contributed by atoms with Crippen LogP contribution in [0.4, 0.5) is 5.69 Å². The van der Waals surface area contributed by atoms with E-state index in [1.165, 1.54) is 0 Å². The van der Waals surface area contributed by atoms with Crippen molar-refractivity contribution in [3.8, 4) is 0 Å². The van der Waals surface area contributed by atoms with Gasteiger partial charge in [-0.3, -0.25) is 0 Å². The van der Waals surface area contributed by atoms with Crippen LogP contribution in [0.15, 0.2) is 54.9 Å². The number of nitrogens with one attached hydrogen (secondary N) is 1. The van der Waals surface area contributed by atoms with Crippen molar-refractivity contribution in [1.29, 1.82) is 0 Å². The second kappa shape index (κ2) is 5.05. The third-order valence-electron chi connectivity index (χ3n) is 3.03. The maximum absolute atomic E-state index is 11.1. The van der Waals surface area contributed by atoms with Gasteiger partial charge in [0.25, 0.3) is 0 Å². The summed E-state index contributed by atoms with van der Waals surface area (Å²) in [5, 5.41) is 12.2. The van der Waals surface area contributed by atoms with Crippen LogP contribution in [0.1, 0.15) is 16.1 Å². The molecule has 0 spiro atoms. The van der Waals surface area contributed by atoms with Gasteiger partial charge in [-0.2, -0.15) is 0 Å². The monoisotopic (exact) mass is 267 g/mol. The van der Waals surface area contributed by atoms with Gasteiger partial charge in [-0.1, -0.05) is 18.2 Å². The molecule has 0 aliphatic carbocycles. The average molecular weight is 267 g/mol. The number of anilines is 1. The number of aromatic carboxylic acids is 1. The van der Waals surface area contributed by atoms with Gasteiger partial charge in [0.15, 0.2) is 0 Å². The Morgan fingerprint density at radius 2 is 2.00 bits per heavy atom. The number of para-hydroxylation sites is 1. The molecule has 3 rings (SSSR count). The fourth-order valence-electron chi connectivity index (χ4n) is 2.08. The molecule has 100 valence electrons. The first kappa shape index (κ1) is 12.2. The van der Waals surface area contributed by atoms with Crippen LogP contribution in [-0.2, 0) is 6.54 Å². The molecule has 5 heteroatoms. The normalized spacial score (nSPS) is 10.6. The number of hydrogen-bond acceptors (Lipinski definition) is 3. The highest BCUT2D eigenvalue weighted by molar-refractivity contribution is 5.94. The topological polar surface area (TPSA) is 66.6 Å². The molecule has 2 aromatic heterocycles. The highest BCUT2D eigenvalue weighted by Gasteiger charge is 2.09. The molecule has 0 unspecified atom stereocenters. The van der Waals surface area contributed by atoms with Crippen LogP contribution < -0.4 is 5.32 Å². The van der Waals surface area contributed by atoms with Crippen LogP contribution in [0.3, 0.4) is 0 Å². The van der Waals surface area contributed by atoms with Crippen molar-refractivity contribution in [3.05, 3.63) is 66.1 Å².